The van der Waals surface area contributed by atoms with Crippen molar-refractivity contribution in [1.82, 2.24) is 15.2 Å². The number of thioether (sulfide) groups is 1. The van der Waals surface area contributed by atoms with Gasteiger partial charge in [0.05, 0.1) is 5.25 Å². The third-order valence-electron chi connectivity index (χ3n) is 5.85. The number of fused-ring (bicyclic) bond motifs is 1. The summed E-state index contributed by atoms with van der Waals surface area (Å²) in [6.45, 7) is 4.07. The molecule has 1 aromatic heterocycles. The van der Waals surface area contributed by atoms with Gasteiger partial charge in [-0.3, -0.25) is 9.89 Å². The molecule has 6 heteroatoms. The standard InChI is InChI=1S/C21H28N4OS/c1-14-13-17-9-5-6-10-18(17)25(14)20(26)15(2)27-21-22-19(23-24-21)12-11-16-7-3-4-8-16/h5-6,9-10,14-16H,3-4,7-8,11-13H2,1-2H3,(H,22,23,24). The van der Waals surface area contributed by atoms with Gasteiger partial charge >= 0.3 is 0 Å². The molecule has 2 atom stereocenters. The second kappa shape index (κ2) is 8.05. The topological polar surface area (TPSA) is 61.9 Å². The van der Waals surface area contributed by atoms with E-state index < -0.39 is 0 Å². The molecule has 0 saturated heterocycles. The van der Waals surface area contributed by atoms with Crippen molar-refractivity contribution in [3.63, 3.8) is 0 Å². The number of carbonyl (C=O) groups is 1. The van der Waals surface area contributed by atoms with Crippen molar-refractivity contribution in [3.05, 3.63) is 35.7 Å². The van der Waals surface area contributed by atoms with Crippen molar-refractivity contribution in [3.8, 4) is 0 Å². The van der Waals surface area contributed by atoms with Crippen molar-refractivity contribution in [2.45, 2.75) is 75.2 Å². The Kier molecular flexibility index (Phi) is 5.53. The smallest absolute Gasteiger partial charge is 0.240 e. The van der Waals surface area contributed by atoms with Gasteiger partial charge in [0.15, 0.2) is 0 Å². The van der Waals surface area contributed by atoms with Crippen LogP contribution in [0.25, 0.3) is 0 Å². The number of hydrogen-bond donors (Lipinski definition) is 1. The Morgan fingerprint density at radius 1 is 1.33 bits per heavy atom. The van der Waals surface area contributed by atoms with E-state index in [2.05, 4.69) is 28.2 Å². The molecule has 1 saturated carbocycles. The van der Waals surface area contributed by atoms with E-state index in [1.165, 1.54) is 49.4 Å². The SMILES string of the molecule is CC(Sc1n[nH]c(CCC2CCCC2)n1)C(=O)N1c2ccccc2CC1C. The monoisotopic (exact) mass is 384 g/mol. The fourth-order valence-corrected chi connectivity index (χ4v) is 5.18. The number of anilines is 1. The summed E-state index contributed by atoms with van der Waals surface area (Å²) in [5, 5.41) is 7.86. The highest BCUT2D eigenvalue weighted by atomic mass is 32.2. The summed E-state index contributed by atoms with van der Waals surface area (Å²) in [5.41, 5.74) is 2.30. The molecule has 144 valence electrons. The second-order valence-corrected chi connectivity index (χ2v) is 9.21. The van der Waals surface area contributed by atoms with E-state index in [1.807, 2.05) is 30.0 Å². The molecule has 5 nitrogen and oxygen atoms in total. The van der Waals surface area contributed by atoms with E-state index in [0.717, 1.165) is 30.3 Å². The van der Waals surface area contributed by atoms with Crippen LogP contribution >= 0.6 is 11.8 Å². The first-order valence-corrected chi connectivity index (χ1v) is 11.0. The minimum Gasteiger partial charge on any atom is -0.308 e. The average Bonchev–Trinajstić information content (AvgIpc) is 3.38. The number of aromatic nitrogens is 3. The number of benzene rings is 1. The van der Waals surface area contributed by atoms with E-state index in [-0.39, 0.29) is 17.2 Å². The summed E-state index contributed by atoms with van der Waals surface area (Å²) in [4.78, 5) is 19.6. The molecule has 2 heterocycles. The van der Waals surface area contributed by atoms with Crippen molar-refractivity contribution in [2.75, 3.05) is 4.90 Å². The summed E-state index contributed by atoms with van der Waals surface area (Å²) in [6.07, 6.45) is 8.53. The van der Waals surface area contributed by atoms with Gasteiger partial charge in [0.1, 0.15) is 5.82 Å². The van der Waals surface area contributed by atoms with Crippen LogP contribution < -0.4 is 4.90 Å². The maximum Gasteiger partial charge on any atom is 0.240 e. The number of rotatable bonds is 6. The Balaban J connectivity index is 1.36. The van der Waals surface area contributed by atoms with Crippen molar-refractivity contribution in [1.29, 1.82) is 0 Å². The molecule has 0 radical (unpaired) electrons. The van der Waals surface area contributed by atoms with Crippen LogP contribution in [0.1, 0.15) is 57.3 Å². The number of amides is 1. The number of carbonyl (C=O) groups excluding carboxylic acids is 1. The predicted molar refractivity (Wildman–Crippen MR) is 109 cm³/mol. The molecule has 1 aliphatic heterocycles. The van der Waals surface area contributed by atoms with E-state index in [0.29, 0.717) is 5.16 Å². The molecular weight excluding hydrogens is 356 g/mol. The van der Waals surface area contributed by atoms with Gasteiger partial charge in [0.25, 0.3) is 0 Å². The van der Waals surface area contributed by atoms with E-state index >= 15 is 0 Å². The minimum atomic E-state index is -0.211. The molecule has 27 heavy (non-hydrogen) atoms. The van der Waals surface area contributed by atoms with Crippen LogP contribution in [0.3, 0.4) is 0 Å². The maximum absolute atomic E-state index is 13.1. The highest BCUT2D eigenvalue weighted by Crippen LogP contribution is 2.34. The van der Waals surface area contributed by atoms with Gasteiger partial charge in [-0.1, -0.05) is 55.6 Å². The quantitative estimate of drug-likeness (QED) is 0.751. The number of aromatic amines is 1. The fraction of sp³-hybridized carbons (Fsp3) is 0.571. The second-order valence-electron chi connectivity index (χ2n) is 7.90. The van der Waals surface area contributed by atoms with Crippen LogP contribution in [0.15, 0.2) is 29.4 Å². The summed E-state index contributed by atoms with van der Waals surface area (Å²) >= 11 is 1.45. The van der Waals surface area contributed by atoms with Crippen LogP contribution in [-0.2, 0) is 17.6 Å². The highest BCUT2D eigenvalue weighted by Gasteiger charge is 2.33. The number of hydrogen-bond acceptors (Lipinski definition) is 4. The number of para-hydroxylation sites is 1. The molecule has 1 aliphatic carbocycles. The summed E-state index contributed by atoms with van der Waals surface area (Å²) in [6, 6.07) is 8.40. The Hall–Kier alpha value is -1.82. The summed E-state index contributed by atoms with van der Waals surface area (Å²) in [5.74, 6) is 1.93. The van der Waals surface area contributed by atoms with Crippen LogP contribution in [-0.4, -0.2) is 32.4 Å². The molecule has 1 fully saturated rings. The van der Waals surface area contributed by atoms with E-state index in [4.69, 9.17) is 0 Å². The summed E-state index contributed by atoms with van der Waals surface area (Å²) in [7, 11) is 0. The number of nitrogens with one attached hydrogen (secondary N) is 1. The molecule has 1 aromatic carbocycles. The van der Waals surface area contributed by atoms with Gasteiger partial charge in [0.2, 0.25) is 11.1 Å². The van der Waals surface area contributed by atoms with E-state index in [9.17, 15) is 4.79 Å². The third kappa shape index (κ3) is 4.05. The van der Waals surface area contributed by atoms with E-state index in [1.54, 1.807) is 0 Å². The first kappa shape index (κ1) is 18.5. The molecule has 4 rings (SSSR count). The Bertz CT molecular complexity index is 799. The lowest BCUT2D eigenvalue weighted by Gasteiger charge is -2.25. The molecular formula is C21H28N4OS. The molecule has 2 aliphatic rings. The third-order valence-corrected chi connectivity index (χ3v) is 6.80. The van der Waals surface area contributed by atoms with Crippen molar-refractivity contribution < 1.29 is 4.79 Å². The molecule has 0 bridgehead atoms. The predicted octanol–water partition coefficient (Wildman–Crippen LogP) is 4.39. The van der Waals surface area contributed by atoms with Gasteiger partial charge in [0, 0.05) is 18.2 Å². The van der Waals surface area contributed by atoms with Gasteiger partial charge in [-0.05, 0) is 44.2 Å². The lowest BCUT2D eigenvalue weighted by atomic mass is 10.0. The molecule has 2 aromatic rings. The Morgan fingerprint density at radius 3 is 2.93 bits per heavy atom. The van der Waals surface area contributed by atoms with Gasteiger partial charge < -0.3 is 4.90 Å². The minimum absolute atomic E-state index is 0.134. The van der Waals surface area contributed by atoms with Crippen LogP contribution in [0.2, 0.25) is 0 Å². The Labute approximate surface area is 165 Å². The first-order valence-electron chi connectivity index (χ1n) is 10.1. The number of H-pyrrole nitrogens is 1. The fourth-order valence-electron chi connectivity index (χ4n) is 4.39. The van der Waals surface area contributed by atoms with Crippen LogP contribution in [0.4, 0.5) is 5.69 Å². The molecule has 0 spiro atoms. The first-order chi connectivity index (χ1) is 13.1. The lowest BCUT2D eigenvalue weighted by Crippen LogP contribution is -2.40. The maximum atomic E-state index is 13.1. The Morgan fingerprint density at radius 2 is 2.11 bits per heavy atom. The van der Waals surface area contributed by atoms with Crippen molar-refractivity contribution in [2.24, 2.45) is 5.92 Å². The zero-order chi connectivity index (χ0) is 18.8. The number of aryl methyl sites for hydroxylation is 1. The van der Waals surface area contributed by atoms with Crippen LogP contribution in [0.5, 0.6) is 0 Å². The van der Waals surface area contributed by atoms with Crippen LogP contribution in [0, 0.1) is 5.92 Å². The van der Waals surface area contributed by atoms with Gasteiger partial charge in [-0.15, -0.1) is 5.10 Å². The van der Waals surface area contributed by atoms with Crippen molar-refractivity contribution >= 4 is 23.4 Å². The molecule has 2 unspecified atom stereocenters. The van der Waals surface area contributed by atoms with Gasteiger partial charge in [-0.2, -0.15) is 0 Å². The lowest BCUT2D eigenvalue weighted by molar-refractivity contribution is -0.118. The zero-order valence-corrected chi connectivity index (χ0v) is 17.0. The molecule has 1 amide bonds. The largest absolute Gasteiger partial charge is 0.308 e. The summed E-state index contributed by atoms with van der Waals surface area (Å²) < 4.78 is 0. The van der Waals surface area contributed by atoms with Gasteiger partial charge in [-0.25, -0.2) is 4.98 Å². The zero-order valence-electron chi connectivity index (χ0n) is 16.1. The highest BCUT2D eigenvalue weighted by molar-refractivity contribution is 8.00. The number of nitrogens with zero attached hydrogens (tertiary/aromatic N) is 3. The molecule has 1 N–H and O–H groups in total. The normalized spacial score (nSPS) is 20.8. The average molecular weight is 385 g/mol.